The first kappa shape index (κ1) is 28.8. The number of benzene rings is 1. The van der Waals surface area contributed by atoms with E-state index in [1.54, 1.807) is 0 Å². The van der Waals surface area contributed by atoms with E-state index >= 15 is 0 Å². The van der Waals surface area contributed by atoms with Crippen molar-refractivity contribution in [2.45, 2.75) is 69.8 Å². The van der Waals surface area contributed by atoms with E-state index in [1.807, 2.05) is 6.92 Å². The van der Waals surface area contributed by atoms with Crippen molar-refractivity contribution in [2.75, 3.05) is 12.3 Å². The SMILES string of the molecule is C[C@@H](O[Si](C)(C)C(C)(C)C)[C@H]1C(=O)N[C@H]1C(C=O)SCCNC(=O)OCc1ccc([N+](=O)[O-])cc1. The van der Waals surface area contributed by atoms with E-state index in [4.69, 9.17) is 9.16 Å². The van der Waals surface area contributed by atoms with Crippen molar-refractivity contribution in [3.05, 3.63) is 39.9 Å². The number of nitro groups is 1. The Hall–Kier alpha value is -2.44. The van der Waals surface area contributed by atoms with E-state index in [0.717, 1.165) is 6.29 Å². The number of alkyl carbamates (subject to hydrolysis) is 1. The molecule has 4 atom stereocenters. The predicted octanol–water partition coefficient (Wildman–Crippen LogP) is 3.65. The van der Waals surface area contributed by atoms with E-state index in [-0.39, 0.29) is 41.9 Å². The number of ether oxygens (including phenoxy) is 1. The lowest BCUT2D eigenvalue weighted by molar-refractivity contribution is -0.384. The molecular formula is C23H35N3O7SSi. The molecule has 10 nitrogen and oxygen atoms in total. The van der Waals surface area contributed by atoms with Gasteiger partial charge in [-0.25, -0.2) is 4.79 Å². The lowest BCUT2D eigenvalue weighted by atomic mass is 9.84. The van der Waals surface area contributed by atoms with Crippen LogP contribution < -0.4 is 10.6 Å². The predicted molar refractivity (Wildman–Crippen MR) is 137 cm³/mol. The van der Waals surface area contributed by atoms with E-state index in [0.29, 0.717) is 11.3 Å². The fourth-order valence-electron chi connectivity index (χ4n) is 3.41. The first-order chi connectivity index (χ1) is 16.3. The summed E-state index contributed by atoms with van der Waals surface area (Å²) in [6.45, 7) is 12.8. The first-order valence-electron chi connectivity index (χ1n) is 11.5. The Morgan fingerprint density at radius 1 is 1.31 bits per heavy atom. The topological polar surface area (TPSA) is 137 Å². The van der Waals surface area contributed by atoms with Crippen molar-refractivity contribution < 1.29 is 28.5 Å². The van der Waals surface area contributed by atoms with Crippen LogP contribution >= 0.6 is 11.8 Å². The van der Waals surface area contributed by atoms with Crippen molar-refractivity contribution in [1.29, 1.82) is 0 Å². The van der Waals surface area contributed by atoms with Crippen LogP contribution in [-0.4, -0.2) is 61.2 Å². The summed E-state index contributed by atoms with van der Waals surface area (Å²) in [5.74, 6) is -0.0554. The van der Waals surface area contributed by atoms with Gasteiger partial charge in [0.25, 0.3) is 5.69 Å². The van der Waals surface area contributed by atoms with Gasteiger partial charge >= 0.3 is 6.09 Å². The van der Waals surface area contributed by atoms with Gasteiger partial charge in [-0.3, -0.25) is 14.9 Å². The van der Waals surface area contributed by atoms with Gasteiger partial charge < -0.3 is 24.6 Å². The molecule has 35 heavy (non-hydrogen) atoms. The standard InChI is InChI=1S/C23H35N3O7SSi/c1-15(33-35(5,6)23(2,3)4)19-20(25-21(19)28)18(13-27)34-12-11-24-22(29)32-14-16-7-9-17(10-8-16)26(30)31/h7-10,13,15,18-20H,11-12,14H2,1-6H3,(H,24,29)(H,25,28)/t15-,18?,19-,20+/m1/s1. The summed E-state index contributed by atoms with van der Waals surface area (Å²) in [7, 11) is -2.07. The molecule has 1 aliphatic rings. The zero-order valence-corrected chi connectivity index (χ0v) is 22.8. The number of nitrogens with zero attached hydrogens (tertiary/aromatic N) is 1. The average Bonchev–Trinajstić information content (AvgIpc) is 2.75. The van der Waals surface area contributed by atoms with E-state index in [1.165, 1.54) is 36.0 Å². The zero-order chi connectivity index (χ0) is 26.4. The Kier molecular flexibility index (Phi) is 9.87. The maximum atomic E-state index is 12.3. The largest absolute Gasteiger partial charge is 0.445 e. The third-order valence-corrected chi connectivity index (χ3v) is 12.3. The van der Waals surface area contributed by atoms with E-state index in [9.17, 15) is 24.5 Å². The number of hydrogen-bond acceptors (Lipinski definition) is 8. The quantitative estimate of drug-likeness (QED) is 0.105. The van der Waals surface area contributed by atoms with Crippen LogP contribution in [0.3, 0.4) is 0 Å². The van der Waals surface area contributed by atoms with Crippen LogP contribution in [0.2, 0.25) is 18.1 Å². The summed E-state index contributed by atoms with van der Waals surface area (Å²) in [5.41, 5.74) is 0.591. The number of amides is 2. The minimum Gasteiger partial charge on any atom is -0.445 e. The first-order valence-corrected chi connectivity index (χ1v) is 15.4. The molecule has 1 saturated heterocycles. The number of carbonyl (C=O) groups excluding carboxylic acids is 3. The van der Waals surface area contributed by atoms with Crippen LogP contribution in [0.4, 0.5) is 10.5 Å². The van der Waals surface area contributed by atoms with Crippen molar-refractivity contribution in [3.8, 4) is 0 Å². The van der Waals surface area contributed by atoms with Crippen LogP contribution in [0.15, 0.2) is 24.3 Å². The van der Waals surface area contributed by atoms with Crippen LogP contribution in [0.1, 0.15) is 33.3 Å². The minimum atomic E-state index is -2.07. The molecule has 1 aromatic carbocycles. The molecule has 2 rings (SSSR count). The summed E-state index contributed by atoms with van der Waals surface area (Å²) in [5, 5.41) is 15.7. The second kappa shape index (κ2) is 12.0. The molecule has 1 aliphatic heterocycles. The maximum Gasteiger partial charge on any atom is 0.407 e. The molecule has 0 aromatic heterocycles. The van der Waals surface area contributed by atoms with Gasteiger partial charge in [-0.05, 0) is 42.8 Å². The molecule has 12 heteroatoms. The Labute approximate surface area is 211 Å². The smallest absolute Gasteiger partial charge is 0.407 e. The molecule has 0 radical (unpaired) electrons. The molecule has 0 bridgehead atoms. The number of nitro benzene ring substituents is 1. The van der Waals surface area contributed by atoms with E-state index in [2.05, 4.69) is 44.5 Å². The second-order valence-corrected chi connectivity index (χ2v) is 16.1. The number of non-ortho nitro benzene ring substituents is 1. The lowest BCUT2D eigenvalue weighted by Crippen LogP contribution is -2.67. The summed E-state index contributed by atoms with van der Waals surface area (Å²) in [4.78, 5) is 46.1. The van der Waals surface area contributed by atoms with Gasteiger partial charge in [0.2, 0.25) is 5.91 Å². The molecule has 1 fully saturated rings. The molecule has 1 aromatic rings. The number of aldehydes is 1. The highest BCUT2D eigenvalue weighted by atomic mass is 32.2. The monoisotopic (exact) mass is 525 g/mol. The molecule has 0 saturated carbocycles. The number of hydrogen-bond donors (Lipinski definition) is 2. The highest BCUT2D eigenvalue weighted by Gasteiger charge is 2.50. The van der Waals surface area contributed by atoms with Crippen LogP contribution in [0, 0.1) is 16.0 Å². The van der Waals surface area contributed by atoms with Crippen LogP contribution in [0.5, 0.6) is 0 Å². The maximum absolute atomic E-state index is 12.3. The van der Waals surface area contributed by atoms with Crippen molar-refractivity contribution >= 4 is 44.1 Å². The molecule has 194 valence electrons. The molecule has 1 unspecified atom stereocenters. The average molecular weight is 526 g/mol. The zero-order valence-electron chi connectivity index (χ0n) is 21.0. The van der Waals surface area contributed by atoms with Crippen LogP contribution in [0.25, 0.3) is 0 Å². The Morgan fingerprint density at radius 2 is 1.94 bits per heavy atom. The fraction of sp³-hybridized carbons (Fsp3) is 0.609. The minimum absolute atomic E-state index is 0.00847. The van der Waals surface area contributed by atoms with Gasteiger partial charge in [-0.15, -0.1) is 11.8 Å². The fourth-order valence-corrected chi connectivity index (χ4v) is 5.86. The van der Waals surface area contributed by atoms with E-state index < -0.39 is 30.5 Å². The van der Waals surface area contributed by atoms with Gasteiger partial charge in [0, 0.05) is 24.4 Å². The summed E-state index contributed by atoms with van der Waals surface area (Å²) >= 11 is 1.35. The Bertz CT molecular complexity index is 921. The summed E-state index contributed by atoms with van der Waals surface area (Å²) in [6.07, 6.45) is -0.101. The number of nitrogens with one attached hydrogen (secondary N) is 2. The lowest BCUT2D eigenvalue weighted by Gasteiger charge is -2.46. The second-order valence-electron chi connectivity index (χ2n) is 10.0. The van der Waals surface area contributed by atoms with Crippen LogP contribution in [-0.2, 0) is 25.4 Å². The highest BCUT2D eigenvalue weighted by Crippen LogP contribution is 2.39. The number of thioether (sulfide) groups is 1. The number of carbonyl (C=O) groups is 3. The normalized spacial score (nSPS) is 19.7. The van der Waals surface area contributed by atoms with Gasteiger partial charge in [-0.1, -0.05) is 20.8 Å². The molecule has 2 amide bonds. The summed E-state index contributed by atoms with van der Waals surface area (Å²) < 4.78 is 11.5. The third-order valence-electron chi connectivity index (χ3n) is 6.48. The van der Waals surface area contributed by atoms with Gasteiger partial charge in [-0.2, -0.15) is 0 Å². The van der Waals surface area contributed by atoms with Gasteiger partial charge in [0.15, 0.2) is 8.32 Å². The highest BCUT2D eigenvalue weighted by molar-refractivity contribution is 8.00. The van der Waals surface area contributed by atoms with Crippen molar-refractivity contribution in [1.82, 2.24) is 10.6 Å². The third kappa shape index (κ3) is 7.77. The van der Waals surface area contributed by atoms with Crippen molar-refractivity contribution in [3.63, 3.8) is 0 Å². The summed E-state index contributed by atoms with van der Waals surface area (Å²) in [6, 6.07) is 5.41. The molecule has 0 spiro atoms. The Balaban J connectivity index is 1.77. The van der Waals surface area contributed by atoms with Crippen molar-refractivity contribution in [2.24, 2.45) is 5.92 Å². The molecule has 2 N–H and O–H groups in total. The molecule has 0 aliphatic carbocycles. The molecule has 1 heterocycles. The number of rotatable bonds is 12. The van der Waals surface area contributed by atoms with Gasteiger partial charge in [0.05, 0.1) is 28.2 Å². The Morgan fingerprint density at radius 3 is 2.46 bits per heavy atom. The van der Waals surface area contributed by atoms with Gasteiger partial charge in [0.1, 0.15) is 12.9 Å². The molecular weight excluding hydrogens is 490 g/mol. The number of β-lactam (4-membered cyclic amide) rings is 1.